The van der Waals surface area contributed by atoms with Gasteiger partial charge in [0.15, 0.2) is 0 Å². The molecule has 0 aromatic carbocycles. The summed E-state index contributed by atoms with van der Waals surface area (Å²) in [5.74, 6) is 2.60. The first-order valence-electron chi connectivity index (χ1n) is 4.06. The van der Waals surface area contributed by atoms with Gasteiger partial charge in [0.2, 0.25) is 0 Å². The van der Waals surface area contributed by atoms with Crippen LogP contribution in [0.15, 0.2) is 0 Å². The molecule has 0 aromatic rings. The van der Waals surface area contributed by atoms with E-state index in [1.54, 1.807) is 7.11 Å². The number of methoxy groups -OCH3 is 1. The first-order valence-corrected chi connectivity index (χ1v) is 4.06. The Morgan fingerprint density at radius 1 is 1.64 bits per heavy atom. The minimum Gasteiger partial charge on any atom is -0.381 e. The highest BCUT2D eigenvalue weighted by Crippen LogP contribution is 2.22. The van der Waals surface area contributed by atoms with Gasteiger partial charge in [0.25, 0.3) is 0 Å². The van der Waals surface area contributed by atoms with Gasteiger partial charge in [-0.2, -0.15) is 0 Å². The Hall–Kier alpha value is -0.520. The van der Waals surface area contributed by atoms with Crippen LogP contribution >= 0.6 is 0 Å². The van der Waals surface area contributed by atoms with E-state index in [1.807, 2.05) is 0 Å². The Morgan fingerprint density at radius 2 is 2.36 bits per heavy atom. The first kappa shape index (κ1) is 8.58. The molecular weight excluding hydrogens is 138 g/mol. The fraction of sp³-hybridized carbons (Fsp3) is 0.778. The van der Waals surface area contributed by atoms with Gasteiger partial charge < -0.3 is 10.1 Å². The molecule has 0 spiro atoms. The lowest BCUT2D eigenvalue weighted by Gasteiger charge is -2.34. The van der Waals surface area contributed by atoms with Gasteiger partial charge in [0.1, 0.15) is 0 Å². The predicted molar refractivity (Wildman–Crippen MR) is 45.3 cm³/mol. The second-order valence-corrected chi connectivity index (χ2v) is 2.93. The van der Waals surface area contributed by atoms with Gasteiger partial charge in [-0.05, 0) is 12.8 Å². The van der Waals surface area contributed by atoms with E-state index in [0.717, 1.165) is 25.8 Å². The smallest absolute Gasteiger partial charge is 0.0601 e. The van der Waals surface area contributed by atoms with E-state index in [4.69, 9.17) is 11.2 Å². The summed E-state index contributed by atoms with van der Waals surface area (Å²) in [7, 11) is 1.77. The molecule has 2 heteroatoms. The van der Waals surface area contributed by atoms with Crippen LogP contribution < -0.4 is 5.32 Å². The first-order chi connectivity index (χ1) is 5.36. The third-order valence-corrected chi connectivity index (χ3v) is 2.13. The lowest BCUT2D eigenvalue weighted by atomic mass is 9.89. The van der Waals surface area contributed by atoms with Gasteiger partial charge in [-0.3, -0.25) is 0 Å². The van der Waals surface area contributed by atoms with Gasteiger partial charge in [0.05, 0.1) is 6.10 Å². The third-order valence-electron chi connectivity index (χ3n) is 2.13. The van der Waals surface area contributed by atoms with Crippen molar-refractivity contribution in [2.24, 2.45) is 0 Å². The number of rotatable bonds is 4. The Labute approximate surface area is 68.3 Å². The molecule has 1 aliphatic rings. The maximum atomic E-state index is 5.14. The van der Waals surface area contributed by atoms with Gasteiger partial charge in [-0.1, -0.05) is 0 Å². The van der Waals surface area contributed by atoms with Crippen molar-refractivity contribution < 1.29 is 4.74 Å². The lowest BCUT2D eigenvalue weighted by Crippen LogP contribution is -2.45. The number of nitrogens with one attached hydrogen (secondary N) is 1. The van der Waals surface area contributed by atoms with Crippen molar-refractivity contribution in [2.75, 3.05) is 13.7 Å². The number of hydrogen-bond donors (Lipinski definition) is 1. The Kier molecular flexibility index (Phi) is 3.41. The van der Waals surface area contributed by atoms with Crippen molar-refractivity contribution in [3.8, 4) is 12.3 Å². The van der Waals surface area contributed by atoms with Gasteiger partial charge in [0, 0.05) is 26.1 Å². The molecule has 1 rings (SSSR count). The van der Waals surface area contributed by atoms with Crippen LogP contribution in [0.4, 0.5) is 0 Å². The van der Waals surface area contributed by atoms with Crippen LogP contribution in [0.3, 0.4) is 0 Å². The van der Waals surface area contributed by atoms with E-state index in [9.17, 15) is 0 Å². The summed E-state index contributed by atoms with van der Waals surface area (Å²) in [5, 5.41) is 3.36. The topological polar surface area (TPSA) is 21.3 Å². The van der Waals surface area contributed by atoms with E-state index in [2.05, 4.69) is 11.2 Å². The van der Waals surface area contributed by atoms with Crippen molar-refractivity contribution in [3.05, 3.63) is 0 Å². The van der Waals surface area contributed by atoms with Crippen molar-refractivity contribution in [1.82, 2.24) is 5.32 Å². The van der Waals surface area contributed by atoms with Crippen LogP contribution in [0.2, 0.25) is 0 Å². The molecule has 62 valence electrons. The molecule has 0 bridgehead atoms. The maximum Gasteiger partial charge on any atom is 0.0601 e. The van der Waals surface area contributed by atoms with E-state index in [0.29, 0.717) is 12.1 Å². The molecule has 0 atom stereocenters. The SMILES string of the molecule is C#CCCNC1CC(OC)C1. The zero-order valence-electron chi connectivity index (χ0n) is 6.97. The second kappa shape index (κ2) is 4.38. The molecule has 0 radical (unpaired) electrons. The summed E-state index contributed by atoms with van der Waals surface area (Å²) in [5.41, 5.74) is 0. The quantitative estimate of drug-likeness (QED) is 0.476. The molecule has 11 heavy (non-hydrogen) atoms. The fourth-order valence-corrected chi connectivity index (χ4v) is 1.27. The van der Waals surface area contributed by atoms with E-state index < -0.39 is 0 Å². The maximum absolute atomic E-state index is 5.14. The molecule has 0 amide bonds. The highest BCUT2D eigenvalue weighted by atomic mass is 16.5. The highest BCUT2D eigenvalue weighted by molar-refractivity contribution is 4.89. The van der Waals surface area contributed by atoms with Crippen LogP contribution in [0, 0.1) is 12.3 Å². The molecule has 0 unspecified atom stereocenters. The Balaban J connectivity index is 1.93. The minimum absolute atomic E-state index is 0.485. The second-order valence-electron chi connectivity index (χ2n) is 2.93. The predicted octanol–water partition coefficient (Wildman–Crippen LogP) is 0.777. The average Bonchev–Trinajstić information content (AvgIpc) is 1.94. The van der Waals surface area contributed by atoms with E-state index >= 15 is 0 Å². The summed E-state index contributed by atoms with van der Waals surface area (Å²) in [6, 6.07) is 0.647. The van der Waals surface area contributed by atoms with Gasteiger partial charge in [-0.25, -0.2) is 0 Å². The van der Waals surface area contributed by atoms with Crippen molar-refractivity contribution in [2.45, 2.75) is 31.4 Å². The summed E-state index contributed by atoms with van der Waals surface area (Å²) < 4.78 is 5.14. The van der Waals surface area contributed by atoms with E-state index in [1.165, 1.54) is 0 Å². The van der Waals surface area contributed by atoms with Crippen LogP contribution in [0.25, 0.3) is 0 Å². The highest BCUT2D eigenvalue weighted by Gasteiger charge is 2.27. The normalized spacial score (nSPS) is 29.1. The standard InChI is InChI=1S/C9H15NO/c1-3-4-5-10-8-6-9(7-8)11-2/h1,8-10H,4-7H2,2H3. The van der Waals surface area contributed by atoms with Crippen molar-refractivity contribution >= 4 is 0 Å². The van der Waals surface area contributed by atoms with Gasteiger partial charge >= 0.3 is 0 Å². The molecule has 2 nitrogen and oxygen atoms in total. The van der Waals surface area contributed by atoms with Gasteiger partial charge in [-0.15, -0.1) is 12.3 Å². The summed E-state index contributed by atoms with van der Waals surface area (Å²) in [4.78, 5) is 0. The van der Waals surface area contributed by atoms with Crippen LogP contribution in [0.1, 0.15) is 19.3 Å². The largest absolute Gasteiger partial charge is 0.381 e. The molecular formula is C9H15NO. The summed E-state index contributed by atoms with van der Waals surface area (Å²) in [6.45, 7) is 0.942. The lowest BCUT2D eigenvalue weighted by molar-refractivity contribution is 0.0178. The van der Waals surface area contributed by atoms with E-state index in [-0.39, 0.29) is 0 Å². The zero-order chi connectivity index (χ0) is 8.10. The van der Waals surface area contributed by atoms with Crippen LogP contribution in [-0.2, 0) is 4.74 Å². The summed E-state index contributed by atoms with van der Waals surface area (Å²) >= 11 is 0. The molecule has 1 fully saturated rings. The average molecular weight is 153 g/mol. The van der Waals surface area contributed by atoms with Crippen molar-refractivity contribution in [3.63, 3.8) is 0 Å². The minimum atomic E-state index is 0.485. The molecule has 1 aliphatic carbocycles. The molecule has 0 aromatic heterocycles. The Morgan fingerprint density at radius 3 is 2.91 bits per heavy atom. The zero-order valence-corrected chi connectivity index (χ0v) is 6.97. The molecule has 1 N–H and O–H groups in total. The summed E-state index contributed by atoms with van der Waals surface area (Å²) in [6.07, 6.45) is 8.70. The number of ether oxygens (including phenoxy) is 1. The fourth-order valence-electron chi connectivity index (χ4n) is 1.27. The number of terminal acetylenes is 1. The molecule has 1 saturated carbocycles. The molecule has 0 aliphatic heterocycles. The third kappa shape index (κ3) is 2.53. The molecule has 0 heterocycles. The molecule has 0 saturated heterocycles. The van der Waals surface area contributed by atoms with Crippen LogP contribution in [0.5, 0.6) is 0 Å². The van der Waals surface area contributed by atoms with Crippen LogP contribution in [-0.4, -0.2) is 25.8 Å². The monoisotopic (exact) mass is 153 g/mol. The van der Waals surface area contributed by atoms with Crippen molar-refractivity contribution in [1.29, 1.82) is 0 Å². The number of hydrogen-bond acceptors (Lipinski definition) is 2. The Bertz CT molecular complexity index is 144.